The minimum Gasteiger partial charge on any atom is -0.356 e. The highest BCUT2D eigenvalue weighted by Gasteiger charge is 2.34. The SMILES string of the molecule is Cl.O=C(NCCC1CCCNC1)C1CC(=O)N(Cc2ccccc2)C1. The molecule has 0 radical (unpaired) electrons. The maximum Gasteiger partial charge on any atom is 0.225 e. The summed E-state index contributed by atoms with van der Waals surface area (Å²) < 4.78 is 0. The summed E-state index contributed by atoms with van der Waals surface area (Å²) in [6, 6.07) is 9.94. The Labute approximate surface area is 155 Å². The van der Waals surface area contributed by atoms with Crippen LogP contribution < -0.4 is 10.6 Å². The molecule has 6 heteroatoms. The fourth-order valence-electron chi connectivity index (χ4n) is 3.62. The zero-order chi connectivity index (χ0) is 16.8. The van der Waals surface area contributed by atoms with E-state index >= 15 is 0 Å². The maximum absolute atomic E-state index is 12.3. The third-order valence-corrected chi connectivity index (χ3v) is 5.05. The van der Waals surface area contributed by atoms with E-state index in [-0.39, 0.29) is 30.1 Å². The lowest BCUT2D eigenvalue weighted by Crippen LogP contribution is -2.36. The summed E-state index contributed by atoms with van der Waals surface area (Å²) in [5.41, 5.74) is 1.11. The Morgan fingerprint density at radius 3 is 2.80 bits per heavy atom. The summed E-state index contributed by atoms with van der Waals surface area (Å²) in [7, 11) is 0. The molecule has 0 saturated carbocycles. The van der Waals surface area contributed by atoms with Crippen LogP contribution in [-0.4, -0.2) is 42.9 Å². The monoisotopic (exact) mass is 365 g/mol. The van der Waals surface area contributed by atoms with Gasteiger partial charge in [-0.05, 0) is 43.8 Å². The van der Waals surface area contributed by atoms with E-state index in [0.29, 0.717) is 32.0 Å². The number of likely N-dealkylation sites (tertiary alicyclic amines) is 1. The molecular formula is C19H28ClN3O2. The van der Waals surface area contributed by atoms with Crippen LogP contribution in [0.1, 0.15) is 31.2 Å². The first kappa shape index (κ1) is 19.7. The molecule has 2 N–H and O–H groups in total. The van der Waals surface area contributed by atoms with Crippen molar-refractivity contribution in [3.05, 3.63) is 35.9 Å². The number of amides is 2. The van der Waals surface area contributed by atoms with E-state index in [4.69, 9.17) is 0 Å². The molecule has 1 aromatic rings. The highest BCUT2D eigenvalue weighted by atomic mass is 35.5. The molecule has 0 aromatic heterocycles. The van der Waals surface area contributed by atoms with Crippen molar-refractivity contribution in [1.82, 2.24) is 15.5 Å². The molecule has 25 heavy (non-hydrogen) atoms. The Kier molecular flexibility index (Phi) is 7.72. The van der Waals surface area contributed by atoms with E-state index in [2.05, 4.69) is 10.6 Å². The van der Waals surface area contributed by atoms with E-state index in [0.717, 1.165) is 25.1 Å². The zero-order valence-electron chi connectivity index (χ0n) is 14.6. The van der Waals surface area contributed by atoms with E-state index in [1.54, 1.807) is 4.90 Å². The van der Waals surface area contributed by atoms with Crippen LogP contribution in [-0.2, 0) is 16.1 Å². The Morgan fingerprint density at radius 1 is 1.28 bits per heavy atom. The number of carbonyl (C=O) groups is 2. The minimum absolute atomic E-state index is 0. The van der Waals surface area contributed by atoms with Crippen LogP contribution in [0.4, 0.5) is 0 Å². The van der Waals surface area contributed by atoms with E-state index in [1.807, 2.05) is 30.3 Å². The third kappa shape index (κ3) is 5.72. The van der Waals surface area contributed by atoms with Crippen molar-refractivity contribution in [2.24, 2.45) is 11.8 Å². The van der Waals surface area contributed by atoms with Gasteiger partial charge >= 0.3 is 0 Å². The molecular weight excluding hydrogens is 338 g/mol. The largest absolute Gasteiger partial charge is 0.356 e. The molecule has 0 spiro atoms. The molecule has 138 valence electrons. The van der Waals surface area contributed by atoms with Crippen molar-refractivity contribution in [3.8, 4) is 0 Å². The first-order valence-corrected chi connectivity index (χ1v) is 9.02. The molecule has 2 fully saturated rings. The average Bonchev–Trinajstić information content (AvgIpc) is 2.97. The van der Waals surface area contributed by atoms with E-state index < -0.39 is 0 Å². The van der Waals surface area contributed by atoms with Gasteiger partial charge in [-0.1, -0.05) is 30.3 Å². The van der Waals surface area contributed by atoms with Gasteiger partial charge in [-0.2, -0.15) is 0 Å². The fourth-order valence-corrected chi connectivity index (χ4v) is 3.62. The van der Waals surface area contributed by atoms with Crippen LogP contribution in [0.2, 0.25) is 0 Å². The van der Waals surface area contributed by atoms with Crippen molar-refractivity contribution in [1.29, 1.82) is 0 Å². The first-order chi connectivity index (χ1) is 11.7. The molecule has 2 aliphatic rings. The maximum atomic E-state index is 12.3. The number of hydrogen-bond donors (Lipinski definition) is 2. The van der Waals surface area contributed by atoms with Gasteiger partial charge in [-0.15, -0.1) is 12.4 Å². The fraction of sp³-hybridized carbons (Fsp3) is 0.579. The van der Waals surface area contributed by atoms with Gasteiger partial charge in [0.25, 0.3) is 0 Å². The Morgan fingerprint density at radius 2 is 2.08 bits per heavy atom. The van der Waals surface area contributed by atoms with Gasteiger partial charge in [0.15, 0.2) is 0 Å². The zero-order valence-corrected chi connectivity index (χ0v) is 15.4. The molecule has 5 nitrogen and oxygen atoms in total. The van der Waals surface area contributed by atoms with Gasteiger partial charge in [-0.25, -0.2) is 0 Å². The van der Waals surface area contributed by atoms with Crippen molar-refractivity contribution in [2.45, 2.75) is 32.2 Å². The Bertz CT molecular complexity index is 561. The number of benzene rings is 1. The number of halogens is 1. The average molecular weight is 366 g/mol. The molecule has 1 aromatic carbocycles. The van der Waals surface area contributed by atoms with Crippen molar-refractivity contribution < 1.29 is 9.59 Å². The Balaban J connectivity index is 0.00000225. The summed E-state index contributed by atoms with van der Waals surface area (Å²) in [5, 5.41) is 6.43. The Hall–Kier alpha value is -1.59. The number of nitrogens with one attached hydrogen (secondary N) is 2. The number of carbonyl (C=O) groups excluding carboxylic acids is 2. The summed E-state index contributed by atoms with van der Waals surface area (Å²) >= 11 is 0. The summed E-state index contributed by atoms with van der Waals surface area (Å²) in [6.45, 7) is 4.02. The topological polar surface area (TPSA) is 61.4 Å². The molecule has 0 bridgehead atoms. The van der Waals surface area contributed by atoms with Gasteiger partial charge in [0, 0.05) is 26.1 Å². The smallest absolute Gasteiger partial charge is 0.225 e. The van der Waals surface area contributed by atoms with Crippen molar-refractivity contribution in [3.63, 3.8) is 0 Å². The molecule has 3 rings (SSSR count). The molecule has 2 heterocycles. The van der Waals surface area contributed by atoms with Gasteiger partial charge in [0.1, 0.15) is 0 Å². The van der Waals surface area contributed by atoms with Gasteiger partial charge < -0.3 is 15.5 Å². The van der Waals surface area contributed by atoms with Gasteiger partial charge in [0.2, 0.25) is 11.8 Å². The number of rotatable bonds is 6. The lowest BCUT2D eigenvalue weighted by atomic mass is 9.96. The summed E-state index contributed by atoms with van der Waals surface area (Å²) in [5.74, 6) is 0.572. The summed E-state index contributed by atoms with van der Waals surface area (Å²) in [6.07, 6.45) is 3.83. The van der Waals surface area contributed by atoms with Crippen LogP contribution in [0.3, 0.4) is 0 Å². The first-order valence-electron chi connectivity index (χ1n) is 9.02. The molecule has 0 aliphatic carbocycles. The number of hydrogen-bond acceptors (Lipinski definition) is 3. The van der Waals surface area contributed by atoms with Crippen LogP contribution in [0, 0.1) is 11.8 Å². The normalized spacial score (nSPS) is 23.2. The molecule has 2 unspecified atom stereocenters. The molecule has 2 amide bonds. The van der Waals surface area contributed by atoms with Crippen molar-refractivity contribution in [2.75, 3.05) is 26.2 Å². The lowest BCUT2D eigenvalue weighted by molar-refractivity contribution is -0.129. The van der Waals surface area contributed by atoms with E-state index in [1.165, 1.54) is 12.8 Å². The molecule has 2 saturated heterocycles. The van der Waals surface area contributed by atoms with E-state index in [9.17, 15) is 9.59 Å². The predicted molar refractivity (Wildman–Crippen MR) is 100 cm³/mol. The van der Waals surface area contributed by atoms with Crippen LogP contribution in [0.15, 0.2) is 30.3 Å². The number of nitrogens with zero attached hydrogens (tertiary/aromatic N) is 1. The van der Waals surface area contributed by atoms with Crippen LogP contribution in [0.5, 0.6) is 0 Å². The molecule has 2 aliphatic heterocycles. The molecule has 2 atom stereocenters. The lowest BCUT2D eigenvalue weighted by Gasteiger charge is -2.23. The second-order valence-corrected chi connectivity index (χ2v) is 6.95. The van der Waals surface area contributed by atoms with Crippen LogP contribution >= 0.6 is 12.4 Å². The summed E-state index contributed by atoms with van der Waals surface area (Å²) in [4.78, 5) is 26.3. The van der Waals surface area contributed by atoms with Gasteiger partial charge in [-0.3, -0.25) is 9.59 Å². The second-order valence-electron chi connectivity index (χ2n) is 6.95. The van der Waals surface area contributed by atoms with Gasteiger partial charge in [0.05, 0.1) is 5.92 Å². The van der Waals surface area contributed by atoms with Crippen LogP contribution in [0.25, 0.3) is 0 Å². The second kappa shape index (κ2) is 9.78. The predicted octanol–water partition coefficient (Wildman–Crippen LogP) is 1.96. The highest BCUT2D eigenvalue weighted by molar-refractivity contribution is 5.89. The quantitative estimate of drug-likeness (QED) is 0.810. The van der Waals surface area contributed by atoms with Crippen molar-refractivity contribution >= 4 is 24.2 Å². The minimum atomic E-state index is -0.203. The highest BCUT2D eigenvalue weighted by Crippen LogP contribution is 2.20. The standard InChI is InChI=1S/C19H27N3O2.ClH/c23-18-11-17(14-22(18)13-16-5-2-1-3-6-16)19(24)21-10-8-15-7-4-9-20-12-15;/h1-3,5-6,15,17,20H,4,7-14H2,(H,21,24);1H. The third-order valence-electron chi connectivity index (χ3n) is 5.05. The number of piperidine rings is 1.